The first-order valence-corrected chi connectivity index (χ1v) is 8.53. The summed E-state index contributed by atoms with van der Waals surface area (Å²) in [7, 11) is 3.17. The Balaban J connectivity index is 2.05. The Kier molecular flexibility index (Phi) is 5.16. The van der Waals surface area contributed by atoms with Crippen molar-refractivity contribution in [2.24, 2.45) is 5.73 Å². The van der Waals surface area contributed by atoms with Crippen LogP contribution in [0.5, 0.6) is 11.5 Å². The third-order valence-corrected chi connectivity index (χ3v) is 4.82. The molecule has 1 aliphatic heterocycles. The van der Waals surface area contributed by atoms with Crippen LogP contribution < -0.4 is 20.1 Å². The van der Waals surface area contributed by atoms with Crippen LogP contribution in [0.15, 0.2) is 36.4 Å². The highest BCUT2D eigenvalue weighted by Crippen LogP contribution is 2.43. The lowest BCUT2D eigenvalue weighted by molar-refractivity contribution is -0.384. The van der Waals surface area contributed by atoms with Crippen LogP contribution >= 0.6 is 0 Å². The number of benzene rings is 2. The van der Waals surface area contributed by atoms with Crippen LogP contribution in [0.4, 0.5) is 11.4 Å². The van der Waals surface area contributed by atoms with Gasteiger partial charge in [0.25, 0.3) is 5.69 Å². The highest BCUT2D eigenvalue weighted by atomic mass is 16.6. The van der Waals surface area contributed by atoms with E-state index in [9.17, 15) is 14.9 Å². The third-order valence-electron chi connectivity index (χ3n) is 4.82. The summed E-state index contributed by atoms with van der Waals surface area (Å²) < 4.78 is 10.8. The quantitative estimate of drug-likeness (QED) is 0.618. The lowest BCUT2D eigenvalue weighted by Gasteiger charge is -2.28. The number of nitrogens with two attached hydrogens (primary N) is 1. The first kappa shape index (κ1) is 18.5. The number of nitrogens with zero attached hydrogens (tertiary/aromatic N) is 2. The second-order valence-electron chi connectivity index (χ2n) is 6.28. The summed E-state index contributed by atoms with van der Waals surface area (Å²) >= 11 is 0. The van der Waals surface area contributed by atoms with E-state index in [0.717, 1.165) is 18.4 Å². The molecule has 1 aliphatic rings. The van der Waals surface area contributed by atoms with E-state index < -0.39 is 10.8 Å². The number of nitro benzene ring substituents is 1. The Hall–Kier alpha value is -3.29. The Labute approximate surface area is 156 Å². The highest BCUT2D eigenvalue weighted by Gasteiger charge is 2.33. The van der Waals surface area contributed by atoms with Crippen LogP contribution in [0.2, 0.25) is 0 Å². The molecular weight excluding hydrogens is 350 g/mol. The Morgan fingerprint density at radius 2 is 2.00 bits per heavy atom. The van der Waals surface area contributed by atoms with Crippen molar-refractivity contribution >= 4 is 17.3 Å². The molecule has 1 fully saturated rings. The SMILES string of the molecule is COc1ccc([C@@H]2CCCN2c2ccc(C(N)=O)cc2[N+](=O)[O-])c(OC)c1. The van der Waals surface area contributed by atoms with E-state index in [1.165, 1.54) is 12.1 Å². The second-order valence-corrected chi connectivity index (χ2v) is 6.28. The molecule has 27 heavy (non-hydrogen) atoms. The number of carbonyl (C=O) groups excluding carboxylic acids is 1. The van der Waals surface area contributed by atoms with Gasteiger partial charge in [0, 0.05) is 29.8 Å². The first-order chi connectivity index (χ1) is 13.0. The van der Waals surface area contributed by atoms with Gasteiger partial charge in [0.15, 0.2) is 0 Å². The predicted molar refractivity (Wildman–Crippen MR) is 100 cm³/mol. The Morgan fingerprint density at radius 3 is 2.63 bits per heavy atom. The fraction of sp³-hybridized carbons (Fsp3) is 0.316. The molecule has 0 unspecified atom stereocenters. The zero-order chi connectivity index (χ0) is 19.6. The van der Waals surface area contributed by atoms with E-state index >= 15 is 0 Å². The molecule has 2 aromatic rings. The van der Waals surface area contributed by atoms with Crippen LogP contribution in [0.25, 0.3) is 0 Å². The second kappa shape index (κ2) is 7.53. The van der Waals surface area contributed by atoms with Gasteiger partial charge in [-0.1, -0.05) is 0 Å². The number of primary amides is 1. The lowest BCUT2D eigenvalue weighted by atomic mass is 10.0. The summed E-state index contributed by atoms with van der Waals surface area (Å²) in [5.74, 6) is 0.652. The molecule has 1 amide bonds. The number of ether oxygens (including phenoxy) is 2. The molecule has 1 atom stereocenters. The number of hydrogen-bond donors (Lipinski definition) is 1. The largest absolute Gasteiger partial charge is 0.497 e. The molecule has 8 nitrogen and oxygen atoms in total. The van der Waals surface area contributed by atoms with Crippen LogP contribution in [-0.2, 0) is 0 Å². The Bertz CT molecular complexity index is 884. The minimum atomic E-state index is -0.695. The summed E-state index contributed by atoms with van der Waals surface area (Å²) in [5.41, 5.74) is 6.64. The number of methoxy groups -OCH3 is 2. The summed E-state index contributed by atoms with van der Waals surface area (Å²) in [6.45, 7) is 0.663. The van der Waals surface area contributed by atoms with Gasteiger partial charge in [0.1, 0.15) is 17.2 Å². The van der Waals surface area contributed by atoms with Gasteiger partial charge < -0.3 is 20.1 Å². The lowest BCUT2D eigenvalue weighted by Crippen LogP contribution is -2.24. The van der Waals surface area contributed by atoms with Crippen LogP contribution in [0, 0.1) is 10.1 Å². The number of rotatable bonds is 6. The van der Waals surface area contributed by atoms with E-state index in [2.05, 4.69) is 0 Å². The third kappa shape index (κ3) is 3.51. The molecule has 8 heteroatoms. The normalized spacial score (nSPS) is 16.2. The van der Waals surface area contributed by atoms with Crippen molar-refractivity contribution < 1.29 is 19.2 Å². The summed E-state index contributed by atoms with van der Waals surface area (Å²) in [4.78, 5) is 24.5. The highest BCUT2D eigenvalue weighted by molar-refractivity contribution is 5.94. The summed E-state index contributed by atoms with van der Waals surface area (Å²) in [6.07, 6.45) is 1.71. The minimum Gasteiger partial charge on any atom is -0.497 e. The molecule has 0 bridgehead atoms. The van der Waals surface area contributed by atoms with Crippen LogP contribution in [-0.4, -0.2) is 31.6 Å². The van der Waals surface area contributed by atoms with Crippen molar-refractivity contribution in [3.8, 4) is 11.5 Å². The van der Waals surface area contributed by atoms with E-state index in [1.807, 2.05) is 17.0 Å². The van der Waals surface area contributed by atoms with Crippen molar-refractivity contribution in [3.05, 3.63) is 57.6 Å². The molecule has 1 heterocycles. The zero-order valence-electron chi connectivity index (χ0n) is 15.2. The van der Waals surface area contributed by atoms with Gasteiger partial charge in [-0.05, 0) is 37.1 Å². The number of hydrogen-bond acceptors (Lipinski definition) is 6. The maximum Gasteiger partial charge on any atom is 0.293 e. The molecule has 2 N–H and O–H groups in total. The molecule has 0 spiro atoms. The summed E-state index contributed by atoms with van der Waals surface area (Å²) in [5, 5.41) is 11.6. The van der Waals surface area contributed by atoms with Crippen molar-refractivity contribution in [2.45, 2.75) is 18.9 Å². The smallest absolute Gasteiger partial charge is 0.293 e. The molecule has 0 aliphatic carbocycles. The van der Waals surface area contributed by atoms with Gasteiger partial charge in [0.2, 0.25) is 5.91 Å². The molecule has 2 aromatic carbocycles. The predicted octanol–water partition coefficient (Wildman–Crippen LogP) is 3.05. The van der Waals surface area contributed by atoms with Gasteiger partial charge in [-0.3, -0.25) is 14.9 Å². The standard InChI is InChI=1S/C19H21N3O5/c1-26-13-6-7-14(18(11-13)27-2)15-4-3-9-21(15)16-8-5-12(19(20)23)10-17(16)22(24)25/h5-8,10-11,15H,3-4,9H2,1-2H3,(H2,20,23)/t15-/m0/s1. The number of anilines is 1. The average molecular weight is 371 g/mol. The molecule has 0 aromatic heterocycles. The maximum absolute atomic E-state index is 11.6. The van der Waals surface area contributed by atoms with E-state index in [1.54, 1.807) is 26.4 Å². The average Bonchev–Trinajstić information content (AvgIpc) is 3.16. The van der Waals surface area contributed by atoms with Gasteiger partial charge >= 0.3 is 0 Å². The van der Waals surface area contributed by atoms with Crippen molar-refractivity contribution in [1.29, 1.82) is 0 Å². The van der Waals surface area contributed by atoms with Crippen LogP contribution in [0.3, 0.4) is 0 Å². The number of carbonyl (C=O) groups is 1. The van der Waals surface area contributed by atoms with E-state index in [0.29, 0.717) is 23.7 Å². The number of amides is 1. The first-order valence-electron chi connectivity index (χ1n) is 8.53. The topological polar surface area (TPSA) is 108 Å². The number of nitro groups is 1. The Morgan fingerprint density at radius 1 is 1.22 bits per heavy atom. The monoisotopic (exact) mass is 371 g/mol. The molecule has 3 rings (SSSR count). The van der Waals surface area contributed by atoms with Crippen molar-refractivity contribution in [1.82, 2.24) is 0 Å². The van der Waals surface area contributed by atoms with E-state index in [-0.39, 0.29) is 17.3 Å². The van der Waals surface area contributed by atoms with Gasteiger partial charge in [-0.2, -0.15) is 0 Å². The van der Waals surface area contributed by atoms with E-state index in [4.69, 9.17) is 15.2 Å². The van der Waals surface area contributed by atoms with Gasteiger partial charge in [-0.15, -0.1) is 0 Å². The van der Waals surface area contributed by atoms with Gasteiger partial charge in [0.05, 0.1) is 25.2 Å². The molecule has 0 saturated carbocycles. The summed E-state index contributed by atoms with van der Waals surface area (Å²) in [6, 6.07) is 9.83. The molecular formula is C19H21N3O5. The van der Waals surface area contributed by atoms with Crippen molar-refractivity contribution in [3.63, 3.8) is 0 Å². The zero-order valence-corrected chi connectivity index (χ0v) is 15.2. The van der Waals surface area contributed by atoms with Crippen molar-refractivity contribution in [2.75, 3.05) is 25.7 Å². The molecule has 1 saturated heterocycles. The fourth-order valence-electron chi connectivity index (χ4n) is 3.54. The molecule has 142 valence electrons. The van der Waals surface area contributed by atoms with Crippen LogP contribution in [0.1, 0.15) is 34.8 Å². The minimum absolute atomic E-state index is 0.0796. The van der Waals surface area contributed by atoms with Gasteiger partial charge in [-0.25, -0.2) is 0 Å². The molecule has 0 radical (unpaired) electrons. The fourth-order valence-corrected chi connectivity index (χ4v) is 3.54. The maximum atomic E-state index is 11.6.